The van der Waals surface area contributed by atoms with Gasteiger partial charge in [-0.2, -0.15) is 17.0 Å². The van der Waals surface area contributed by atoms with Crippen LogP contribution in [0.25, 0.3) is 0 Å². The first-order valence-electron chi connectivity index (χ1n) is 10.6. The van der Waals surface area contributed by atoms with Crippen molar-refractivity contribution in [1.82, 2.24) is 8.61 Å². The van der Waals surface area contributed by atoms with E-state index in [9.17, 15) is 8.42 Å². The average Bonchev–Trinajstić information content (AvgIpc) is 2.97. The van der Waals surface area contributed by atoms with Gasteiger partial charge in [0.2, 0.25) is 0 Å². The molecule has 4 heterocycles. The van der Waals surface area contributed by atoms with Crippen molar-refractivity contribution in [3.8, 4) is 5.75 Å². The van der Waals surface area contributed by atoms with Crippen LogP contribution in [0.15, 0.2) is 24.3 Å². The molecule has 0 saturated carbocycles. The molecule has 162 valence electrons. The predicted molar refractivity (Wildman–Crippen MR) is 114 cm³/mol. The van der Waals surface area contributed by atoms with Crippen LogP contribution >= 0.6 is 0 Å². The Bertz CT molecular complexity index is 806. The van der Waals surface area contributed by atoms with E-state index in [2.05, 4.69) is 30.9 Å². The second-order valence-corrected chi connectivity index (χ2v) is 10.9. The SMILES string of the molecule is CCOc1ccc(N2C[C@H]3CN(S(=O)(=O)N4CCOCC4)CC2C(C)(C)C3)cc1. The molecule has 2 atom stereocenters. The van der Waals surface area contributed by atoms with Gasteiger partial charge in [0.25, 0.3) is 10.2 Å². The van der Waals surface area contributed by atoms with Gasteiger partial charge in [-0.1, -0.05) is 13.8 Å². The van der Waals surface area contributed by atoms with Crippen LogP contribution in [-0.2, 0) is 14.9 Å². The summed E-state index contributed by atoms with van der Waals surface area (Å²) in [5.74, 6) is 1.18. The molecule has 1 aromatic carbocycles. The Balaban J connectivity index is 1.60. The third-order valence-corrected chi connectivity index (χ3v) is 8.46. The second-order valence-electron chi connectivity index (χ2n) is 8.99. The van der Waals surface area contributed by atoms with Gasteiger partial charge in [0.1, 0.15) is 5.75 Å². The van der Waals surface area contributed by atoms with Crippen LogP contribution in [0.1, 0.15) is 27.2 Å². The number of ether oxygens (including phenoxy) is 2. The third kappa shape index (κ3) is 4.13. The molecule has 5 rings (SSSR count). The van der Waals surface area contributed by atoms with Gasteiger partial charge in [-0.05, 0) is 48.9 Å². The van der Waals surface area contributed by atoms with Crippen LogP contribution in [0.3, 0.4) is 0 Å². The highest BCUT2D eigenvalue weighted by Gasteiger charge is 2.49. The fourth-order valence-corrected chi connectivity index (χ4v) is 6.78. The Kier molecular flexibility index (Phi) is 5.81. The number of piperidine rings is 1. The lowest BCUT2D eigenvalue weighted by molar-refractivity contribution is 0.0700. The molecule has 7 nitrogen and oxygen atoms in total. The highest BCUT2D eigenvalue weighted by molar-refractivity contribution is 7.86. The monoisotopic (exact) mass is 423 g/mol. The van der Waals surface area contributed by atoms with Crippen molar-refractivity contribution in [3.05, 3.63) is 24.3 Å². The van der Waals surface area contributed by atoms with Gasteiger partial charge >= 0.3 is 0 Å². The van der Waals surface area contributed by atoms with Crippen LogP contribution in [0.2, 0.25) is 0 Å². The highest BCUT2D eigenvalue weighted by Crippen LogP contribution is 2.44. The summed E-state index contributed by atoms with van der Waals surface area (Å²) in [7, 11) is -3.46. The minimum absolute atomic E-state index is 0.0385. The molecule has 0 amide bonds. The van der Waals surface area contributed by atoms with Gasteiger partial charge < -0.3 is 14.4 Å². The van der Waals surface area contributed by atoms with Gasteiger partial charge in [-0.25, -0.2) is 0 Å². The summed E-state index contributed by atoms with van der Waals surface area (Å²) in [4.78, 5) is 2.42. The van der Waals surface area contributed by atoms with Crippen molar-refractivity contribution >= 4 is 15.9 Å². The molecule has 0 radical (unpaired) electrons. The van der Waals surface area contributed by atoms with Crippen molar-refractivity contribution in [3.63, 3.8) is 0 Å². The van der Waals surface area contributed by atoms with Crippen molar-refractivity contribution in [2.45, 2.75) is 33.2 Å². The van der Waals surface area contributed by atoms with Crippen LogP contribution in [-0.4, -0.2) is 75.6 Å². The number of anilines is 1. The predicted octanol–water partition coefficient (Wildman–Crippen LogP) is 2.20. The summed E-state index contributed by atoms with van der Waals surface area (Å²) in [6, 6.07) is 8.35. The van der Waals surface area contributed by atoms with Crippen molar-refractivity contribution in [1.29, 1.82) is 0 Å². The molecule has 4 aliphatic rings. The van der Waals surface area contributed by atoms with Gasteiger partial charge in [-0.3, -0.25) is 0 Å². The minimum atomic E-state index is -3.46. The molecule has 0 N–H and O–H groups in total. The van der Waals surface area contributed by atoms with E-state index in [4.69, 9.17) is 9.47 Å². The van der Waals surface area contributed by atoms with Crippen LogP contribution in [0, 0.1) is 11.3 Å². The van der Waals surface area contributed by atoms with E-state index in [1.165, 1.54) is 0 Å². The maximum absolute atomic E-state index is 13.3. The summed E-state index contributed by atoms with van der Waals surface area (Å²) < 4.78 is 41.0. The smallest absolute Gasteiger partial charge is 0.282 e. The quantitative estimate of drug-likeness (QED) is 0.727. The molecule has 8 heteroatoms. The van der Waals surface area contributed by atoms with Gasteiger partial charge in [0, 0.05) is 44.5 Å². The zero-order chi connectivity index (χ0) is 20.6. The van der Waals surface area contributed by atoms with Crippen molar-refractivity contribution in [2.75, 3.05) is 57.4 Å². The number of fused-ring (bicyclic) bond motifs is 4. The molecule has 1 aromatic rings. The van der Waals surface area contributed by atoms with E-state index >= 15 is 0 Å². The topological polar surface area (TPSA) is 62.3 Å². The summed E-state index contributed by atoms with van der Waals surface area (Å²) in [6.45, 7) is 11.0. The summed E-state index contributed by atoms with van der Waals surface area (Å²) in [5.41, 5.74) is 1.18. The zero-order valence-electron chi connectivity index (χ0n) is 17.7. The molecular weight excluding hydrogens is 390 g/mol. The summed E-state index contributed by atoms with van der Waals surface area (Å²) in [6.07, 6.45) is 1.04. The standard InChI is InChI=1S/C21H33N3O4S/c1-4-28-19-7-5-18(6-8-19)24-15-17-13-21(2,3)20(24)16-23(14-17)29(25,26)22-9-11-27-12-10-22/h5-8,17,20H,4,9-16H2,1-3H3/t17-,20?/m1/s1. The van der Waals surface area contributed by atoms with Gasteiger partial charge in [0.15, 0.2) is 0 Å². The van der Waals surface area contributed by atoms with Crippen LogP contribution < -0.4 is 9.64 Å². The van der Waals surface area contributed by atoms with E-state index in [1.54, 1.807) is 8.61 Å². The molecule has 0 spiro atoms. The zero-order valence-corrected chi connectivity index (χ0v) is 18.5. The first kappa shape index (κ1) is 20.9. The first-order chi connectivity index (χ1) is 13.8. The second kappa shape index (κ2) is 8.06. The fourth-order valence-electron chi connectivity index (χ4n) is 5.11. The van der Waals surface area contributed by atoms with E-state index < -0.39 is 10.2 Å². The molecule has 1 unspecified atom stereocenters. The molecule has 29 heavy (non-hydrogen) atoms. The highest BCUT2D eigenvalue weighted by atomic mass is 32.2. The van der Waals surface area contributed by atoms with Crippen LogP contribution in [0.4, 0.5) is 5.69 Å². The first-order valence-corrected chi connectivity index (χ1v) is 12.0. The number of nitrogens with zero attached hydrogens (tertiary/aromatic N) is 3. The molecule has 4 fully saturated rings. The summed E-state index contributed by atoms with van der Waals surface area (Å²) in [5, 5.41) is 0. The van der Waals surface area contributed by atoms with Gasteiger partial charge in [-0.15, -0.1) is 0 Å². The molecule has 2 bridgehead atoms. The number of rotatable bonds is 5. The molecule has 0 aromatic heterocycles. The molecule has 0 aliphatic carbocycles. The largest absolute Gasteiger partial charge is 0.494 e. The Morgan fingerprint density at radius 1 is 1.07 bits per heavy atom. The maximum atomic E-state index is 13.3. The normalized spacial score (nSPS) is 28.3. The lowest BCUT2D eigenvalue weighted by Gasteiger charge is -2.48. The number of hydrogen-bond acceptors (Lipinski definition) is 5. The Hall–Kier alpha value is -1.35. The summed E-state index contributed by atoms with van der Waals surface area (Å²) >= 11 is 0. The number of hydrogen-bond donors (Lipinski definition) is 0. The lowest BCUT2D eigenvalue weighted by atomic mass is 9.73. The molecular formula is C21H33N3O4S. The third-order valence-electron chi connectivity index (χ3n) is 6.49. The van der Waals surface area contributed by atoms with E-state index in [1.807, 2.05) is 19.1 Å². The number of benzene rings is 1. The number of morpholine rings is 1. The van der Waals surface area contributed by atoms with Crippen molar-refractivity contribution < 1.29 is 17.9 Å². The maximum Gasteiger partial charge on any atom is 0.282 e. The Labute approximate surface area is 174 Å². The average molecular weight is 424 g/mol. The minimum Gasteiger partial charge on any atom is -0.494 e. The Morgan fingerprint density at radius 2 is 1.76 bits per heavy atom. The van der Waals surface area contributed by atoms with Crippen molar-refractivity contribution in [2.24, 2.45) is 11.3 Å². The van der Waals surface area contributed by atoms with E-state index in [0.29, 0.717) is 51.9 Å². The van der Waals surface area contributed by atoms with E-state index in [0.717, 1.165) is 24.4 Å². The lowest BCUT2D eigenvalue weighted by Crippen LogP contribution is -2.55. The fraction of sp³-hybridized carbons (Fsp3) is 0.714. The van der Waals surface area contributed by atoms with E-state index in [-0.39, 0.29) is 11.5 Å². The Morgan fingerprint density at radius 3 is 2.41 bits per heavy atom. The molecule has 4 saturated heterocycles. The van der Waals surface area contributed by atoms with Gasteiger partial charge in [0.05, 0.1) is 19.8 Å². The van der Waals surface area contributed by atoms with Crippen LogP contribution in [0.5, 0.6) is 5.75 Å². The molecule has 4 aliphatic heterocycles.